The summed E-state index contributed by atoms with van der Waals surface area (Å²) in [4.78, 5) is 31.6. The molecule has 10 heteroatoms. The van der Waals surface area contributed by atoms with Gasteiger partial charge in [-0.2, -0.15) is 4.21 Å². The third kappa shape index (κ3) is 7.26. The van der Waals surface area contributed by atoms with E-state index in [4.69, 9.17) is 17.8 Å². The maximum Gasteiger partial charge on any atom is 0.316 e. The number of carbonyl (C=O) groups excluding carboxylic acids is 2. The summed E-state index contributed by atoms with van der Waals surface area (Å²) in [6, 6.07) is 20.3. The molecule has 6 rings (SSSR count). The normalized spacial score (nSPS) is 30.4. The number of piperidine rings is 2. The first-order valence-corrected chi connectivity index (χ1v) is 17.0. The fourth-order valence-corrected chi connectivity index (χ4v) is 8.22. The Hall–Kier alpha value is -2.63. The van der Waals surface area contributed by atoms with Crippen LogP contribution in [0.5, 0.6) is 0 Å². The van der Waals surface area contributed by atoms with Crippen molar-refractivity contribution in [2.24, 2.45) is 0 Å². The lowest BCUT2D eigenvalue weighted by Crippen LogP contribution is -2.44. The van der Waals surface area contributed by atoms with E-state index < -0.39 is 23.2 Å². The fraction of sp³-hybridized carbons (Fsp3) is 0.588. The summed E-state index contributed by atoms with van der Waals surface area (Å²) in [6.45, 7) is -0.346. The molecule has 0 radical (unpaired) electrons. The second-order valence-electron chi connectivity index (χ2n) is 12.9. The van der Waals surface area contributed by atoms with Gasteiger partial charge in [0.1, 0.15) is 24.0 Å². The van der Waals surface area contributed by atoms with Crippen LogP contribution in [0.25, 0.3) is 0 Å². The summed E-state index contributed by atoms with van der Waals surface area (Å²) in [5.41, 5.74) is 1.45. The molecule has 4 bridgehead atoms. The van der Waals surface area contributed by atoms with E-state index in [1.54, 1.807) is 0 Å². The lowest BCUT2D eigenvalue weighted by atomic mass is 9.98. The third-order valence-corrected chi connectivity index (χ3v) is 11.0. The molecule has 0 amide bonds. The fourth-order valence-electron chi connectivity index (χ4n) is 7.66. The van der Waals surface area contributed by atoms with Crippen LogP contribution in [0.3, 0.4) is 0 Å². The highest BCUT2D eigenvalue weighted by atomic mass is 32.2. The number of fused-ring (bicyclic) bond motifs is 4. The van der Waals surface area contributed by atoms with Crippen LogP contribution in [0.15, 0.2) is 60.7 Å². The van der Waals surface area contributed by atoms with Crippen molar-refractivity contribution in [2.75, 3.05) is 27.3 Å². The topological polar surface area (TPSA) is 94.6 Å². The van der Waals surface area contributed by atoms with Gasteiger partial charge >= 0.3 is 23.3 Å². The van der Waals surface area contributed by atoms with Crippen LogP contribution in [0.1, 0.15) is 74.3 Å². The van der Waals surface area contributed by atoms with Crippen LogP contribution in [0.2, 0.25) is 0 Å². The standard InChI is InChI=1S/C34H44N2O7S/c1-35-25-13-14-26(35)18-29(17-25)42-33(37)31(23-9-5-3-6-10-23)21-40-44(39)41-22-32(24-11-7-4-8-12-24)34(38)43-30-19-27-15-16-28(20-30)36(27)2/h3-12,25-32H,13-22H2,1-2H3/t25-,26+,27-,28+,29?,30?,31?,32?,44?. The number of hydrogen-bond acceptors (Lipinski definition) is 9. The SMILES string of the molecule is CN1[C@@H]2CC[C@H]1CC(OC(=O)C(COS(=O)OCC(C(=O)OC1C[C@H]3CC[C@@H](C1)N3C)c1ccccc1)c1ccccc1)C2. The Morgan fingerprint density at radius 2 is 1.00 bits per heavy atom. The number of esters is 2. The summed E-state index contributed by atoms with van der Waals surface area (Å²) in [7, 11) is 4.30. The van der Waals surface area contributed by atoms with Crippen molar-refractivity contribution in [3.63, 3.8) is 0 Å². The Labute approximate surface area is 263 Å². The van der Waals surface area contributed by atoms with E-state index in [-0.39, 0.29) is 37.4 Å². The number of ether oxygens (including phenoxy) is 2. The summed E-state index contributed by atoms with van der Waals surface area (Å²) in [6.07, 6.45) is 7.56. The number of hydrogen-bond donors (Lipinski definition) is 0. The minimum Gasteiger partial charge on any atom is -0.462 e. The molecule has 2 aromatic carbocycles. The van der Waals surface area contributed by atoms with Crippen molar-refractivity contribution < 1.29 is 31.6 Å². The van der Waals surface area contributed by atoms with Crippen molar-refractivity contribution in [3.05, 3.63) is 71.8 Å². The van der Waals surface area contributed by atoms with E-state index in [2.05, 4.69) is 23.9 Å². The first-order valence-electron chi connectivity index (χ1n) is 16.0. The predicted molar refractivity (Wildman–Crippen MR) is 166 cm³/mol. The van der Waals surface area contributed by atoms with E-state index in [0.717, 1.165) is 62.5 Å². The molecule has 4 fully saturated rings. The lowest BCUT2D eigenvalue weighted by molar-refractivity contribution is -0.155. The quantitative estimate of drug-likeness (QED) is 0.317. The molecule has 8 atom stereocenters. The highest BCUT2D eigenvalue weighted by Gasteiger charge is 2.42. The number of carbonyl (C=O) groups is 2. The van der Waals surface area contributed by atoms with Crippen LogP contribution in [0, 0.1) is 0 Å². The summed E-state index contributed by atoms with van der Waals surface area (Å²) in [5.74, 6) is -2.29. The summed E-state index contributed by atoms with van der Waals surface area (Å²) in [5, 5.41) is 0. The molecule has 2 aromatic rings. The van der Waals surface area contributed by atoms with Gasteiger partial charge in [0.2, 0.25) is 0 Å². The monoisotopic (exact) mass is 624 g/mol. The molecule has 4 saturated heterocycles. The molecule has 4 aliphatic heterocycles. The number of rotatable bonds is 12. The molecular weight excluding hydrogens is 580 g/mol. The third-order valence-electron chi connectivity index (χ3n) is 10.3. The van der Waals surface area contributed by atoms with E-state index in [9.17, 15) is 13.8 Å². The Morgan fingerprint density at radius 1 is 0.659 bits per heavy atom. The molecule has 4 heterocycles. The van der Waals surface area contributed by atoms with Crippen molar-refractivity contribution in [1.82, 2.24) is 9.80 Å². The van der Waals surface area contributed by atoms with Gasteiger partial charge in [-0.05, 0) is 76.6 Å². The van der Waals surface area contributed by atoms with Gasteiger partial charge in [0.15, 0.2) is 0 Å². The minimum atomic E-state index is -2.20. The van der Waals surface area contributed by atoms with Gasteiger partial charge in [-0.25, -0.2) is 0 Å². The Kier molecular flexibility index (Phi) is 10.1. The van der Waals surface area contributed by atoms with Crippen LogP contribution in [0.4, 0.5) is 0 Å². The highest BCUT2D eigenvalue weighted by molar-refractivity contribution is 7.75. The molecule has 0 N–H and O–H groups in total. The maximum absolute atomic E-state index is 13.4. The van der Waals surface area contributed by atoms with E-state index in [0.29, 0.717) is 24.2 Å². The van der Waals surface area contributed by atoms with Crippen LogP contribution in [-0.4, -0.2) is 89.6 Å². The van der Waals surface area contributed by atoms with E-state index >= 15 is 0 Å². The highest BCUT2D eigenvalue weighted by Crippen LogP contribution is 2.37. The Balaban J connectivity index is 1.05. The molecule has 238 valence electrons. The van der Waals surface area contributed by atoms with Crippen molar-refractivity contribution >= 4 is 23.3 Å². The van der Waals surface area contributed by atoms with Gasteiger partial charge in [-0.15, -0.1) is 0 Å². The largest absolute Gasteiger partial charge is 0.462 e. The molecule has 4 unspecified atom stereocenters. The smallest absolute Gasteiger partial charge is 0.316 e. The lowest BCUT2D eigenvalue weighted by Gasteiger charge is -2.36. The summed E-state index contributed by atoms with van der Waals surface area (Å²) < 4.78 is 36.1. The molecular formula is C34H44N2O7S. The van der Waals surface area contributed by atoms with Gasteiger partial charge in [0, 0.05) is 24.2 Å². The van der Waals surface area contributed by atoms with Gasteiger partial charge < -0.3 is 19.3 Å². The van der Waals surface area contributed by atoms with Gasteiger partial charge in [0.05, 0.1) is 13.2 Å². The zero-order valence-electron chi connectivity index (χ0n) is 25.6. The van der Waals surface area contributed by atoms with Crippen molar-refractivity contribution in [2.45, 2.75) is 99.6 Å². The molecule has 0 aromatic heterocycles. The van der Waals surface area contributed by atoms with Crippen LogP contribution >= 0.6 is 0 Å². The van der Waals surface area contributed by atoms with Crippen molar-refractivity contribution in [3.8, 4) is 0 Å². The molecule has 44 heavy (non-hydrogen) atoms. The van der Waals surface area contributed by atoms with Gasteiger partial charge in [-0.3, -0.25) is 18.0 Å². The van der Waals surface area contributed by atoms with Crippen molar-refractivity contribution in [1.29, 1.82) is 0 Å². The Bertz CT molecular complexity index is 1170. The second-order valence-corrected chi connectivity index (χ2v) is 13.7. The van der Waals surface area contributed by atoms with Crippen LogP contribution in [-0.2, 0) is 38.8 Å². The van der Waals surface area contributed by atoms with E-state index in [1.165, 1.54) is 0 Å². The molecule has 4 aliphatic rings. The molecule has 0 saturated carbocycles. The first-order chi connectivity index (χ1) is 21.4. The Morgan fingerprint density at radius 3 is 1.34 bits per heavy atom. The van der Waals surface area contributed by atoms with Gasteiger partial charge in [0.25, 0.3) is 0 Å². The number of benzene rings is 2. The molecule has 0 spiro atoms. The maximum atomic E-state index is 13.4. The average Bonchev–Trinajstić information content (AvgIpc) is 3.34. The van der Waals surface area contributed by atoms with E-state index in [1.807, 2.05) is 60.7 Å². The molecule has 0 aliphatic carbocycles. The predicted octanol–water partition coefficient (Wildman–Crippen LogP) is 4.50. The average molecular weight is 625 g/mol. The zero-order valence-corrected chi connectivity index (χ0v) is 26.4. The van der Waals surface area contributed by atoms with Gasteiger partial charge in [-0.1, -0.05) is 60.7 Å². The number of nitrogens with zero attached hydrogens (tertiary/aromatic N) is 2. The first kappa shape index (κ1) is 31.4. The second kappa shape index (κ2) is 14.2. The van der Waals surface area contributed by atoms with Crippen LogP contribution < -0.4 is 0 Å². The zero-order chi connectivity index (χ0) is 30.6. The summed E-state index contributed by atoms with van der Waals surface area (Å²) >= 11 is -2.20. The molecule has 9 nitrogen and oxygen atoms in total. The minimum absolute atomic E-state index is 0.137.